The van der Waals surface area contributed by atoms with Gasteiger partial charge in [0.05, 0.1) is 0 Å². The van der Waals surface area contributed by atoms with Gasteiger partial charge in [-0.1, -0.05) is 42.5 Å². The number of hydrogen-bond acceptors (Lipinski definition) is 1. The first kappa shape index (κ1) is 14.8. The van der Waals surface area contributed by atoms with E-state index in [1.165, 1.54) is 27.8 Å². The van der Waals surface area contributed by atoms with Crippen molar-refractivity contribution in [1.82, 2.24) is 5.32 Å². The molecule has 0 aromatic heterocycles. The van der Waals surface area contributed by atoms with E-state index in [1.54, 1.807) is 0 Å². The molecule has 20 heavy (non-hydrogen) atoms. The van der Waals surface area contributed by atoms with E-state index in [0.717, 1.165) is 12.8 Å². The minimum atomic E-state index is 0.428. The van der Waals surface area contributed by atoms with E-state index in [-0.39, 0.29) is 0 Å². The van der Waals surface area contributed by atoms with Crippen LogP contribution in [0.2, 0.25) is 0 Å². The summed E-state index contributed by atoms with van der Waals surface area (Å²) in [6.45, 7) is 6.61. The van der Waals surface area contributed by atoms with Crippen LogP contribution in [0.25, 0.3) is 0 Å². The second-order valence-corrected chi connectivity index (χ2v) is 5.65. The largest absolute Gasteiger partial charge is 0.313 e. The highest BCUT2D eigenvalue weighted by Gasteiger charge is 2.10. The molecule has 1 N–H and O–H groups in total. The third kappa shape index (κ3) is 3.49. The van der Waals surface area contributed by atoms with Crippen molar-refractivity contribution in [2.24, 2.45) is 0 Å². The van der Waals surface area contributed by atoms with Gasteiger partial charge in [0.2, 0.25) is 0 Å². The summed E-state index contributed by atoms with van der Waals surface area (Å²) < 4.78 is 0. The molecule has 106 valence electrons. The highest BCUT2D eigenvalue weighted by atomic mass is 14.9. The van der Waals surface area contributed by atoms with Crippen LogP contribution in [0.15, 0.2) is 42.5 Å². The van der Waals surface area contributed by atoms with Gasteiger partial charge in [-0.2, -0.15) is 0 Å². The Balaban J connectivity index is 2.09. The molecule has 0 heterocycles. The van der Waals surface area contributed by atoms with Crippen LogP contribution in [0.1, 0.15) is 40.3 Å². The zero-order valence-corrected chi connectivity index (χ0v) is 13.0. The van der Waals surface area contributed by atoms with Crippen molar-refractivity contribution in [2.75, 3.05) is 7.05 Å². The van der Waals surface area contributed by atoms with E-state index < -0.39 is 0 Å². The topological polar surface area (TPSA) is 12.0 Å². The van der Waals surface area contributed by atoms with Crippen LogP contribution in [0.5, 0.6) is 0 Å². The third-order valence-corrected chi connectivity index (χ3v) is 4.21. The maximum absolute atomic E-state index is 3.43. The van der Waals surface area contributed by atoms with Gasteiger partial charge in [-0.25, -0.2) is 0 Å². The number of nitrogens with one attached hydrogen (secondary N) is 1. The van der Waals surface area contributed by atoms with E-state index in [0.29, 0.717) is 6.04 Å². The third-order valence-electron chi connectivity index (χ3n) is 4.21. The summed E-state index contributed by atoms with van der Waals surface area (Å²) >= 11 is 0. The lowest BCUT2D eigenvalue weighted by molar-refractivity contribution is 0.548. The molecule has 0 saturated carbocycles. The molecular weight excluding hydrogens is 242 g/mol. The molecule has 0 spiro atoms. The molecule has 0 bridgehead atoms. The second kappa shape index (κ2) is 6.71. The Labute approximate surface area is 123 Å². The zero-order valence-electron chi connectivity index (χ0n) is 13.0. The van der Waals surface area contributed by atoms with Gasteiger partial charge >= 0.3 is 0 Å². The van der Waals surface area contributed by atoms with Crippen molar-refractivity contribution < 1.29 is 0 Å². The minimum absolute atomic E-state index is 0.428. The van der Waals surface area contributed by atoms with Crippen molar-refractivity contribution >= 4 is 0 Å². The van der Waals surface area contributed by atoms with Crippen LogP contribution in [-0.4, -0.2) is 7.05 Å². The first-order valence-corrected chi connectivity index (χ1v) is 7.40. The Kier molecular flexibility index (Phi) is 4.97. The number of aryl methyl sites for hydroxylation is 4. The van der Waals surface area contributed by atoms with Gasteiger partial charge in [0.1, 0.15) is 0 Å². The van der Waals surface area contributed by atoms with Gasteiger partial charge in [-0.05, 0) is 68.5 Å². The SMILES string of the molecule is CNC(CCc1cc(C)c(C)cc1C)c1ccccc1. The molecule has 1 heteroatoms. The first-order valence-electron chi connectivity index (χ1n) is 7.40. The maximum Gasteiger partial charge on any atom is 0.0320 e. The molecule has 1 nitrogen and oxygen atoms in total. The van der Waals surface area contributed by atoms with E-state index in [9.17, 15) is 0 Å². The fourth-order valence-corrected chi connectivity index (χ4v) is 2.75. The highest BCUT2D eigenvalue weighted by molar-refractivity contribution is 5.36. The predicted molar refractivity (Wildman–Crippen MR) is 87.2 cm³/mol. The molecule has 2 aromatic carbocycles. The van der Waals surface area contributed by atoms with Gasteiger partial charge < -0.3 is 5.32 Å². The van der Waals surface area contributed by atoms with Gasteiger partial charge in [-0.15, -0.1) is 0 Å². The van der Waals surface area contributed by atoms with Crippen molar-refractivity contribution in [1.29, 1.82) is 0 Å². The standard InChI is InChI=1S/C19H25N/c1-14-12-16(3)18(13-15(14)2)10-11-19(20-4)17-8-6-5-7-9-17/h5-9,12-13,19-20H,10-11H2,1-4H3. The monoisotopic (exact) mass is 267 g/mol. The van der Waals surface area contributed by atoms with E-state index in [2.05, 4.69) is 68.6 Å². The molecule has 2 aromatic rings. The molecule has 0 aliphatic carbocycles. The lowest BCUT2D eigenvalue weighted by Crippen LogP contribution is -2.17. The molecule has 0 amide bonds. The van der Waals surface area contributed by atoms with Gasteiger partial charge in [0, 0.05) is 6.04 Å². The fourth-order valence-electron chi connectivity index (χ4n) is 2.75. The van der Waals surface area contributed by atoms with Crippen LogP contribution >= 0.6 is 0 Å². The summed E-state index contributed by atoms with van der Waals surface area (Å²) in [5.74, 6) is 0. The zero-order chi connectivity index (χ0) is 14.5. The number of rotatable bonds is 5. The average Bonchev–Trinajstić information content (AvgIpc) is 2.46. The Bertz CT molecular complexity index is 557. The quantitative estimate of drug-likeness (QED) is 0.840. The summed E-state index contributed by atoms with van der Waals surface area (Å²) in [4.78, 5) is 0. The molecule has 0 aliphatic rings. The maximum atomic E-state index is 3.43. The van der Waals surface area contributed by atoms with Gasteiger partial charge in [0.25, 0.3) is 0 Å². The Hall–Kier alpha value is -1.60. The minimum Gasteiger partial charge on any atom is -0.313 e. The summed E-state index contributed by atoms with van der Waals surface area (Å²) in [6.07, 6.45) is 2.25. The number of benzene rings is 2. The summed E-state index contributed by atoms with van der Waals surface area (Å²) in [5.41, 5.74) is 7.04. The second-order valence-electron chi connectivity index (χ2n) is 5.65. The van der Waals surface area contributed by atoms with Crippen molar-refractivity contribution in [2.45, 2.75) is 39.7 Å². The van der Waals surface area contributed by atoms with Crippen LogP contribution < -0.4 is 5.32 Å². The first-order chi connectivity index (χ1) is 9.61. The van der Waals surface area contributed by atoms with Crippen LogP contribution in [0, 0.1) is 20.8 Å². The van der Waals surface area contributed by atoms with E-state index in [4.69, 9.17) is 0 Å². The Morgan fingerprint density at radius 2 is 1.55 bits per heavy atom. The normalized spacial score (nSPS) is 12.4. The van der Waals surface area contributed by atoms with E-state index >= 15 is 0 Å². The van der Waals surface area contributed by atoms with Crippen molar-refractivity contribution in [3.05, 3.63) is 70.3 Å². The fraction of sp³-hybridized carbons (Fsp3) is 0.368. The van der Waals surface area contributed by atoms with Crippen LogP contribution in [-0.2, 0) is 6.42 Å². The van der Waals surface area contributed by atoms with Crippen molar-refractivity contribution in [3.8, 4) is 0 Å². The lowest BCUT2D eigenvalue weighted by Gasteiger charge is -2.18. The lowest BCUT2D eigenvalue weighted by atomic mass is 9.94. The van der Waals surface area contributed by atoms with Crippen molar-refractivity contribution in [3.63, 3.8) is 0 Å². The Morgan fingerprint density at radius 1 is 0.900 bits per heavy atom. The van der Waals surface area contributed by atoms with Gasteiger partial charge in [-0.3, -0.25) is 0 Å². The molecule has 0 fully saturated rings. The molecular formula is C19H25N. The molecule has 1 unspecified atom stereocenters. The Morgan fingerprint density at radius 3 is 2.20 bits per heavy atom. The highest BCUT2D eigenvalue weighted by Crippen LogP contribution is 2.22. The summed E-state index contributed by atoms with van der Waals surface area (Å²) in [7, 11) is 2.05. The average molecular weight is 267 g/mol. The molecule has 0 radical (unpaired) electrons. The molecule has 0 aliphatic heterocycles. The summed E-state index contributed by atoms with van der Waals surface area (Å²) in [5, 5.41) is 3.43. The van der Waals surface area contributed by atoms with Gasteiger partial charge in [0.15, 0.2) is 0 Å². The molecule has 1 atom stereocenters. The molecule has 0 saturated heterocycles. The smallest absolute Gasteiger partial charge is 0.0320 e. The van der Waals surface area contributed by atoms with Crippen LogP contribution in [0.3, 0.4) is 0 Å². The predicted octanol–water partition coefficient (Wildman–Crippen LogP) is 4.51. The summed E-state index contributed by atoms with van der Waals surface area (Å²) in [6, 6.07) is 15.8. The van der Waals surface area contributed by atoms with E-state index in [1.807, 2.05) is 7.05 Å². The molecule has 2 rings (SSSR count). The van der Waals surface area contributed by atoms with Crippen LogP contribution in [0.4, 0.5) is 0 Å². The number of hydrogen-bond donors (Lipinski definition) is 1.